The van der Waals surface area contributed by atoms with E-state index >= 15 is 0 Å². The lowest BCUT2D eigenvalue weighted by atomic mass is 9.48. The van der Waals surface area contributed by atoms with Crippen LogP contribution in [0.2, 0.25) is 0 Å². The van der Waals surface area contributed by atoms with Gasteiger partial charge in [0.05, 0.1) is 6.61 Å². The van der Waals surface area contributed by atoms with E-state index in [9.17, 15) is 0 Å². The number of methoxy groups -OCH3 is 1. The van der Waals surface area contributed by atoms with Crippen molar-refractivity contribution in [1.29, 1.82) is 0 Å². The van der Waals surface area contributed by atoms with Crippen LogP contribution in [-0.4, -0.2) is 41.7 Å². The molecule has 1 aromatic heterocycles. The SMILES string of the molecule is COC[C@@]12CN(Cc3cnc(NCc4ccccc4)nc3)C[C@@H]1C(C)(C)C2. The molecule has 0 spiro atoms. The van der Waals surface area contributed by atoms with Crippen LogP contribution in [0.5, 0.6) is 0 Å². The summed E-state index contributed by atoms with van der Waals surface area (Å²) >= 11 is 0. The molecule has 0 amide bonds. The lowest BCUT2D eigenvalue weighted by Gasteiger charge is -2.56. The van der Waals surface area contributed by atoms with Crippen LogP contribution in [-0.2, 0) is 17.8 Å². The number of hydrogen-bond donors (Lipinski definition) is 1. The summed E-state index contributed by atoms with van der Waals surface area (Å²) in [6.45, 7) is 9.57. The highest BCUT2D eigenvalue weighted by molar-refractivity contribution is 5.28. The third kappa shape index (κ3) is 3.71. The molecule has 0 unspecified atom stereocenters. The van der Waals surface area contributed by atoms with Crippen LogP contribution in [0.3, 0.4) is 0 Å². The average Bonchev–Trinajstić information content (AvgIpc) is 2.96. The first kappa shape index (κ1) is 18.4. The predicted octanol–water partition coefficient (Wildman–Crippen LogP) is 3.58. The van der Waals surface area contributed by atoms with E-state index < -0.39 is 0 Å². The van der Waals surface area contributed by atoms with E-state index in [0.717, 1.165) is 38.7 Å². The number of rotatable bonds is 7. The fourth-order valence-electron chi connectivity index (χ4n) is 5.39. The van der Waals surface area contributed by atoms with E-state index in [-0.39, 0.29) is 0 Å². The van der Waals surface area contributed by atoms with Gasteiger partial charge in [0, 0.05) is 56.7 Å². The standard InChI is InChI=1S/C22H30N4O/c1-21(2)14-22(16-27-3)15-26(13-19(21)22)12-18-10-24-20(25-11-18)23-9-17-7-5-4-6-8-17/h4-8,10-11,19H,9,12-16H2,1-3H3,(H,23,24,25)/t19-,22-/m1/s1. The van der Waals surface area contributed by atoms with E-state index in [1.807, 2.05) is 37.7 Å². The molecule has 2 atom stereocenters. The Kier molecular flexibility index (Phi) is 4.91. The molecule has 5 heteroatoms. The van der Waals surface area contributed by atoms with Crippen molar-refractivity contribution in [1.82, 2.24) is 14.9 Å². The van der Waals surface area contributed by atoms with Gasteiger partial charge in [-0.15, -0.1) is 0 Å². The molecule has 1 aromatic carbocycles. The molecule has 0 radical (unpaired) electrons. The zero-order chi connectivity index (χ0) is 18.9. The summed E-state index contributed by atoms with van der Waals surface area (Å²) in [5.41, 5.74) is 3.17. The number of benzene rings is 1. The average molecular weight is 367 g/mol. The molecule has 2 aliphatic rings. The Morgan fingerprint density at radius 2 is 1.89 bits per heavy atom. The van der Waals surface area contributed by atoms with E-state index in [1.54, 1.807) is 0 Å². The van der Waals surface area contributed by atoms with E-state index in [4.69, 9.17) is 4.74 Å². The van der Waals surface area contributed by atoms with Gasteiger partial charge >= 0.3 is 0 Å². The molecule has 1 aliphatic heterocycles. The predicted molar refractivity (Wildman–Crippen MR) is 107 cm³/mol. The lowest BCUT2D eigenvalue weighted by molar-refractivity contribution is -0.107. The quantitative estimate of drug-likeness (QED) is 0.812. The maximum atomic E-state index is 5.56. The maximum absolute atomic E-state index is 5.56. The van der Waals surface area contributed by atoms with Crippen LogP contribution < -0.4 is 5.32 Å². The Morgan fingerprint density at radius 3 is 2.56 bits per heavy atom. The van der Waals surface area contributed by atoms with Gasteiger partial charge in [0.25, 0.3) is 0 Å². The molecular weight excluding hydrogens is 336 g/mol. The normalized spacial score (nSPS) is 26.4. The first-order chi connectivity index (χ1) is 13.0. The van der Waals surface area contributed by atoms with Crippen LogP contribution in [0.4, 0.5) is 5.95 Å². The summed E-state index contributed by atoms with van der Waals surface area (Å²) < 4.78 is 5.56. The van der Waals surface area contributed by atoms with Crippen LogP contribution in [0.1, 0.15) is 31.4 Å². The number of hydrogen-bond acceptors (Lipinski definition) is 5. The second-order valence-electron chi connectivity index (χ2n) is 8.94. The van der Waals surface area contributed by atoms with Gasteiger partial charge in [-0.1, -0.05) is 44.2 Å². The Morgan fingerprint density at radius 1 is 1.15 bits per heavy atom. The number of nitrogens with one attached hydrogen (secondary N) is 1. The maximum Gasteiger partial charge on any atom is 0.222 e. The number of aromatic nitrogens is 2. The second kappa shape index (κ2) is 7.21. The van der Waals surface area contributed by atoms with Crippen molar-refractivity contribution in [2.24, 2.45) is 16.7 Å². The molecule has 1 aliphatic carbocycles. The molecule has 144 valence electrons. The summed E-state index contributed by atoms with van der Waals surface area (Å²) in [6, 6.07) is 10.3. The van der Waals surface area contributed by atoms with Gasteiger partial charge in [-0.2, -0.15) is 0 Å². The minimum Gasteiger partial charge on any atom is -0.384 e. The van der Waals surface area contributed by atoms with Crippen molar-refractivity contribution in [3.63, 3.8) is 0 Å². The van der Waals surface area contributed by atoms with Gasteiger partial charge in [-0.25, -0.2) is 9.97 Å². The highest BCUT2D eigenvalue weighted by Crippen LogP contribution is 2.62. The van der Waals surface area contributed by atoms with Crippen molar-refractivity contribution >= 4 is 5.95 Å². The van der Waals surface area contributed by atoms with E-state index in [2.05, 4.69) is 46.2 Å². The largest absolute Gasteiger partial charge is 0.384 e. The molecule has 2 heterocycles. The summed E-state index contributed by atoms with van der Waals surface area (Å²) in [5, 5.41) is 3.29. The van der Waals surface area contributed by atoms with Gasteiger partial charge in [0.15, 0.2) is 0 Å². The molecule has 1 N–H and O–H groups in total. The monoisotopic (exact) mass is 366 g/mol. The van der Waals surface area contributed by atoms with Crippen molar-refractivity contribution in [3.8, 4) is 0 Å². The molecular formula is C22H30N4O. The zero-order valence-corrected chi connectivity index (χ0v) is 16.6. The molecule has 1 saturated heterocycles. The van der Waals surface area contributed by atoms with Crippen molar-refractivity contribution in [2.45, 2.75) is 33.4 Å². The Balaban J connectivity index is 1.34. The third-order valence-corrected chi connectivity index (χ3v) is 6.31. The highest BCUT2D eigenvalue weighted by Gasteiger charge is 2.62. The topological polar surface area (TPSA) is 50.3 Å². The lowest BCUT2D eigenvalue weighted by Crippen LogP contribution is -2.55. The molecule has 5 nitrogen and oxygen atoms in total. The molecule has 1 saturated carbocycles. The van der Waals surface area contributed by atoms with Gasteiger partial charge in [-0.3, -0.25) is 4.90 Å². The number of nitrogens with zero attached hydrogens (tertiary/aromatic N) is 3. The number of likely N-dealkylation sites (tertiary alicyclic amines) is 1. The fraction of sp³-hybridized carbons (Fsp3) is 0.545. The second-order valence-corrected chi connectivity index (χ2v) is 8.94. The summed E-state index contributed by atoms with van der Waals surface area (Å²) in [4.78, 5) is 11.5. The summed E-state index contributed by atoms with van der Waals surface area (Å²) in [6.07, 6.45) is 5.16. The number of ether oxygens (including phenoxy) is 1. The minimum absolute atomic E-state index is 0.344. The Hall–Kier alpha value is -1.98. The van der Waals surface area contributed by atoms with Crippen LogP contribution in [0.25, 0.3) is 0 Å². The molecule has 2 aromatic rings. The van der Waals surface area contributed by atoms with E-state index in [1.165, 1.54) is 17.5 Å². The summed E-state index contributed by atoms with van der Waals surface area (Å²) in [5.74, 6) is 1.40. The van der Waals surface area contributed by atoms with Crippen molar-refractivity contribution in [2.75, 3.05) is 32.1 Å². The minimum atomic E-state index is 0.344. The molecule has 4 rings (SSSR count). The number of fused-ring (bicyclic) bond motifs is 1. The first-order valence-electron chi connectivity index (χ1n) is 9.81. The van der Waals surface area contributed by atoms with Crippen molar-refractivity contribution in [3.05, 3.63) is 53.9 Å². The van der Waals surface area contributed by atoms with E-state index in [0.29, 0.717) is 16.8 Å². The molecule has 0 bridgehead atoms. The highest BCUT2D eigenvalue weighted by atomic mass is 16.5. The smallest absolute Gasteiger partial charge is 0.222 e. The van der Waals surface area contributed by atoms with Crippen LogP contribution >= 0.6 is 0 Å². The van der Waals surface area contributed by atoms with Gasteiger partial charge in [0.1, 0.15) is 0 Å². The van der Waals surface area contributed by atoms with Gasteiger partial charge in [-0.05, 0) is 23.3 Å². The van der Waals surface area contributed by atoms with Gasteiger partial charge in [0.2, 0.25) is 5.95 Å². The van der Waals surface area contributed by atoms with Crippen LogP contribution in [0.15, 0.2) is 42.7 Å². The molecule has 2 fully saturated rings. The Bertz CT molecular complexity index is 762. The molecule has 27 heavy (non-hydrogen) atoms. The third-order valence-electron chi connectivity index (χ3n) is 6.31. The van der Waals surface area contributed by atoms with Gasteiger partial charge < -0.3 is 10.1 Å². The zero-order valence-electron chi connectivity index (χ0n) is 16.6. The van der Waals surface area contributed by atoms with Crippen LogP contribution in [0, 0.1) is 16.7 Å². The summed E-state index contributed by atoms with van der Waals surface area (Å²) in [7, 11) is 1.83. The number of anilines is 1. The first-order valence-corrected chi connectivity index (χ1v) is 9.81. The fourth-order valence-corrected chi connectivity index (χ4v) is 5.39. The Labute approximate surface area is 162 Å². The van der Waals surface area contributed by atoms with Crippen molar-refractivity contribution < 1.29 is 4.74 Å².